The maximum absolute atomic E-state index is 12.7. The van der Waals surface area contributed by atoms with Crippen LogP contribution in [-0.4, -0.2) is 44.4 Å². The van der Waals surface area contributed by atoms with Crippen molar-refractivity contribution < 1.29 is 21.6 Å². The highest BCUT2D eigenvalue weighted by atomic mass is 35.5. The third-order valence-corrected chi connectivity index (χ3v) is 7.13. The van der Waals surface area contributed by atoms with E-state index in [-0.39, 0.29) is 32.4 Å². The van der Waals surface area contributed by atoms with Gasteiger partial charge in [0.05, 0.1) is 15.7 Å². The van der Waals surface area contributed by atoms with Crippen LogP contribution in [0.25, 0.3) is 0 Å². The lowest BCUT2D eigenvalue weighted by molar-refractivity contribution is 0.103. The fourth-order valence-corrected chi connectivity index (χ4v) is 4.78. The van der Waals surface area contributed by atoms with Crippen molar-refractivity contribution in [3.8, 4) is 0 Å². The van der Waals surface area contributed by atoms with Crippen molar-refractivity contribution in [1.82, 2.24) is 9.78 Å². The van der Waals surface area contributed by atoms with Crippen molar-refractivity contribution in [3.63, 3.8) is 0 Å². The number of halogens is 1. The van der Waals surface area contributed by atoms with Crippen molar-refractivity contribution in [2.24, 2.45) is 0 Å². The first-order valence-electron chi connectivity index (χ1n) is 7.97. The van der Waals surface area contributed by atoms with Gasteiger partial charge in [0, 0.05) is 30.3 Å². The van der Waals surface area contributed by atoms with Gasteiger partial charge in [-0.15, -0.1) is 0 Å². The molecule has 0 aliphatic heterocycles. The summed E-state index contributed by atoms with van der Waals surface area (Å²) in [6.45, 7) is 3.48. The molecule has 1 N–H and O–H groups in total. The van der Waals surface area contributed by atoms with Gasteiger partial charge in [-0.3, -0.25) is 14.3 Å². The summed E-state index contributed by atoms with van der Waals surface area (Å²) in [6, 6.07) is 2.19. The summed E-state index contributed by atoms with van der Waals surface area (Å²) in [4.78, 5) is 24.7. The normalized spacial score (nSPS) is 12.3. The first-order chi connectivity index (χ1) is 12.4. The van der Waals surface area contributed by atoms with E-state index in [9.17, 15) is 26.4 Å². The Balaban J connectivity index is 2.69. The second kappa shape index (κ2) is 7.61. The Bertz CT molecular complexity index is 1160. The quantitative estimate of drug-likeness (QED) is 0.657. The van der Waals surface area contributed by atoms with E-state index in [1.54, 1.807) is 6.92 Å². The summed E-state index contributed by atoms with van der Waals surface area (Å²) >= 11 is 6.10. The van der Waals surface area contributed by atoms with Gasteiger partial charge in [0.1, 0.15) is 5.56 Å². The summed E-state index contributed by atoms with van der Waals surface area (Å²) in [7, 11) is -7.36. The minimum absolute atomic E-state index is 0.0570. The van der Waals surface area contributed by atoms with E-state index in [4.69, 9.17) is 11.6 Å². The topological polar surface area (TPSA) is 123 Å². The molecular weight excluding hydrogens is 416 g/mol. The molecule has 0 bridgehead atoms. The van der Waals surface area contributed by atoms with E-state index in [0.717, 1.165) is 18.4 Å². The number of hydrogen-bond donors (Lipinski definition) is 1. The molecule has 1 aromatic carbocycles. The Labute approximate surface area is 162 Å². The Morgan fingerprint density at radius 2 is 1.78 bits per heavy atom. The molecule has 2 rings (SSSR count). The Hall–Kier alpha value is -1.91. The Morgan fingerprint density at radius 3 is 2.26 bits per heavy atom. The highest BCUT2D eigenvalue weighted by Gasteiger charge is 2.25. The van der Waals surface area contributed by atoms with Crippen LogP contribution >= 0.6 is 11.6 Å². The van der Waals surface area contributed by atoms with Crippen molar-refractivity contribution in [2.45, 2.75) is 31.0 Å². The van der Waals surface area contributed by atoms with Gasteiger partial charge in [0.25, 0.3) is 5.56 Å². The minimum atomic E-state index is -3.78. The summed E-state index contributed by atoms with van der Waals surface area (Å²) in [5.74, 6) is -1.47. The maximum atomic E-state index is 12.7. The van der Waals surface area contributed by atoms with Crippen LogP contribution in [-0.2, 0) is 32.0 Å². The average molecular weight is 435 g/mol. The van der Waals surface area contributed by atoms with Crippen LogP contribution < -0.4 is 5.56 Å². The van der Waals surface area contributed by atoms with Crippen LogP contribution in [0.15, 0.2) is 28.0 Å². The van der Waals surface area contributed by atoms with Crippen LogP contribution in [0.4, 0.5) is 0 Å². The smallest absolute Gasteiger partial charge is 0.277 e. The number of benzene rings is 1. The van der Waals surface area contributed by atoms with Gasteiger partial charge in [-0.1, -0.05) is 18.5 Å². The number of hydrogen-bond acceptors (Lipinski definition) is 6. The second-order valence-electron chi connectivity index (χ2n) is 5.95. The number of aryl methyl sites for hydroxylation is 1. The maximum Gasteiger partial charge on any atom is 0.277 e. The van der Waals surface area contributed by atoms with Gasteiger partial charge in [0.15, 0.2) is 19.7 Å². The molecule has 2 aromatic rings. The van der Waals surface area contributed by atoms with Crippen molar-refractivity contribution in [1.29, 1.82) is 0 Å². The van der Waals surface area contributed by atoms with E-state index < -0.39 is 36.8 Å². The standard InChI is InChI=1S/C16H19ClN2O6S2/c1-4-19-16(21)12(8-18-19)15(20)11-6-10(9-27(24,25)5-2)14(7-13(11)17)26(3,22)23/h6-8,18H,4-5,9H2,1-3H3. The van der Waals surface area contributed by atoms with Crippen LogP contribution in [0.3, 0.4) is 0 Å². The SMILES string of the molecule is CCn1[nH]cc(C(=O)c2cc(CS(=O)(=O)CC)c(S(C)(=O)=O)cc2Cl)c1=O. The lowest BCUT2D eigenvalue weighted by atomic mass is 10.0. The highest BCUT2D eigenvalue weighted by Crippen LogP contribution is 2.28. The molecule has 1 aromatic heterocycles. The highest BCUT2D eigenvalue weighted by molar-refractivity contribution is 7.91. The molecular formula is C16H19ClN2O6S2. The van der Waals surface area contributed by atoms with E-state index in [2.05, 4.69) is 5.10 Å². The Morgan fingerprint density at radius 1 is 1.15 bits per heavy atom. The number of aromatic amines is 1. The number of aromatic nitrogens is 2. The first kappa shape index (κ1) is 21.4. The minimum Gasteiger partial charge on any atom is -0.302 e. The average Bonchev–Trinajstić information content (AvgIpc) is 2.95. The van der Waals surface area contributed by atoms with Crippen LogP contribution in [0.5, 0.6) is 0 Å². The zero-order valence-corrected chi connectivity index (χ0v) is 17.3. The van der Waals surface area contributed by atoms with Gasteiger partial charge in [0.2, 0.25) is 5.78 Å². The number of ketones is 1. The number of rotatable bonds is 7. The second-order valence-corrected chi connectivity index (χ2v) is 10.7. The van der Waals surface area contributed by atoms with E-state index in [0.29, 0.717) is 6.54 Å². The Kier molecular flexibility index (Phi) is 6.03. The van der Waals surface area contributed by atoms with Gasteiger partial charge >= 0.3 is 0 Å². The number of sulfone groups is 2. The molecule has 0 unspecified atom stereocenters. The lowest BCUT2D eigenvalue weighted by Crippen LogP contribution is -2.21. The number of nitrogens with one attached hydrogen (secondary N) is 1. The molecule has 0 aliphatic carbocycles. The molecule has 0 aliphatic rings. The fraction of sp³-hybridized carbons (Fsp3) is 0.375. The van der Waals surface area contributed by atoms with Gasteiger partial charge < -0.3 is 5.10 Å². The van der Waals surface area contributed by atoms with E-state index >= 15 is 0 Å². The van der Waals surface area contributed by atoms with Crippen LogP contribution in [0.1, 0.15) is 35.3 Å². The zero-order chi connectivity index (χ0) is 20.6. The molecule has 0 saturated heterocycles. The molecule has 27 heavy (non-hydrogen) atoms. The first-order valence-corrected chi connectivity index (χ1v) is 12.1. The molecule has 0 fully saturated rings. The third kappa shape index (κ3) is 4.50. The van der Waals surface area contributed by atoms with Crippen molar-refractivity contribution in [3.05, 3.63) is 50.4 Å². The molecule has 0 saturated carbocycles. The van der Waals surface area contributed by atoms with Gasteiger partial charge in [-0.25, -0.2) is 16.8 Å². The summed E-state index contributed by atoms with van der Waals surface area (Å²) in [5.41, 5.74) is -0.910. The zero-order valence-electron chi connectivity index (χ0n) is 14.9. The predicted octanol–water partition coefficient (Wildman–Crippen LogP) is 1.42. The van der Waals surface area contributed by atoms with Crippen LogP contribution in [0.2, 0.25) is 5.02 Å². The lowest BCUT2D eigenvalue weighted by Gasteiger charge is -2.12. The van der Waals surface area contributed by atoms with Crippen molar-refractivity contribution >= 4 is 37.1 Å². The van der Waals surface area contributed by atoms with Gasteiger partial charge in [-0.05, 0) is 24.6 Å². The molecule has 1 heterocycles. The number of nitrogens with zero attached hydrogens (tertiary/aromatic N) is 1. The molecule has 0 spiro atoms. The fourth-order valence-electron chi connectivity index (χ4n) is 2.52. The number of carbonyl (C=O) groups is 1. The number of H-pyrrole nitrogens is 1. The molecule has 0 radical (unpaired) electrons. The summed E-state index contributed by atoms with van der Waals surface area (Å²) in [5, 5.41) is 2.46. The largest absolute Gasteiger partial charge is 0.302 e. The molecule has 8 nitrogen and oxygen atoms in total. The monoisotopic (exact) mass is 434 g/mol. The van der Waals surface area contributed by atoms with Crippen molar-refractivity contribution in [2.75, 3.05) is 12.0 Å². The summed E-state index contributed by atoms with van der Waals surface area (Å²) in [6.07, 6.45) is 2.16. The predicted molar refractivity (Wildman–Crippen MR) is 102 cm³/mol. The number of carbonyl (C=O) groups excluding carboxylic acids is 1. The van der Waals surface area contributed by atoms with E-state index in [1.165, 1.54) is 17.8 Å². The van der Waals surface area contributed by atoms with Gasteiger partial charge in [-0.2, -0.15) is 0 Å². The third-order valence-electron chi connectivity index (χ3n) is 4.01. The summed E-state index contributed by atoms with van der Waals surface area (Å²) < 4.78 is 49.3. The molecule has 11 heteroatoms. The molecule has 148 valence electrons. The van der Waals surface area contributed by atoms with E-state index in [1.807, 2.05) is 0 Å². The molecule has 0 atom stereocenters. The van der Waals surface area contributed by atoms with Crippen LogP contribution in [0, 0.1) is 0 Å². The molecule has 0 amide bonds.